The topological polar surface area (TPSA) is 38.1 Å². The highest BCUT2D eigenvalue weighted by molar-refractivity contribution is 6.30. The molecular formula is C11H10ClFN2O. The Morgan fingerprint density at radius 1 is 1.50 bits per heavy atom. The van der Waals surface area contributed by atoms with Crippen LogP contribution in [0.2, 0.25) is 5.02 Å². The summed E-state index contributed by atoms with van der Waals surface area (Å²) >= 11 is 5.79. The van der Waals surface area contributed by atoms with E-state index in [9.17, 15) is 4.39 Å². The van der Waals surface area contributed by atoms with Gasteiger partial charge in [0.15, 0.2) is 0 Å². The predicted molar refractivity (Wildman–Crippen MR) is 59.7 cm³/mol. The molecule has 16 heavy (non-hydrogen) atoms. The minimum absolute atomic E-state index is 0.241. The van der Waals surface area contributed by atoms with Crippen molar-refractivity contribution in [1.82, 2.24) is 10.3 Å². The van der Waals surface area contributed by atoms with Crippen molar-refractivity contribution >= 4 is 11.6 Å². The lowest BCUT2D eigenvalue weighted by Gasteiger charge is -1.98. The van der Waals surface area contributed by atoms with Crippen LogP contribution in [0.3, 0.4) is 0 Å². The zero-order valence-electron chi connectivity index (χ0n) is 8.63. The van der Waals surface area contributed by atoms with Crippen molar-refractivity contribution in [3.05, 3.63) is 41.0 Å². The average Bonchev–Trinajstić information content (AvgIpc) is 2.71. The molecule has 5 heteroatoms. The molecule has 0 saturated heterocycles. The standard InChI is InChI=1S/C11H10ClFN2O/c1-14-5-8-6-16-11(15-8)9-4-7(12)2-3-10(9)13/h2-4,6,14H,5H2,1H3. The van der Waals surface area contributed by atoms with Gasteiger partial charge in [-0.25, -0.2) is 9.37 Å². The van der Waals surface area contributed by atoms with E-state index in [1.165, 1.54) is 24.5 Å². The van der Waals surface area contributed by atoms with Crippen LogP contribution in [0, 0.1) is 5.82 Å². The van der Waals surface area contributed by atoms with Gasteiger partial charge in [-0.2, -0.15) is 0 Å². The van der Waals surface area contributed by atoms with Crippen molar-refractivity contribution in [2.45, 2.75) is 6.54 Å². The Bertz CT molecular complexity index is 498. The molecule has 2 aromatic rings. The van der Waals surface area contributed by atoms with Crippen LogP contribution < -0.4 is 5.32 Å². The van der Waals surface area contributed by atoms with E-state index >= 15 is 0 Å². The Balaban J connectivity index is 2.38. The molecule has 3 nitrogen and oxygen atoms in total. The summed E-state index contributed by atoms with van der Waals surface area (Å²) in [5, 5.41) is 3.38. The van der Waals surface area contributed by atoms with Gasteiger partial charge >= 0.3 is 0 Å². The number of hydrogen-bond acceptors (Lipinski definition) is 3. The fourth-order valence-corrected chi connectivity index (χ4v) is 1.53. The minimum Gasteiger partial charge on any atom is -0.444 e. The second kappa shape index (κ2) is 4.63. The molecule has 1 N–H and O–H groups in total. The van der Waals surface area contributed by atoms with Gasteiger partial charge in [0.25, 0.3) is 0 Å². The first-order chi connectivity index (χ1) is 7.70. The maximum atomic E-state index is 13.5. The van der Waals surface area contributed by atoms with Crippen LogP contribution in [0.25, 0.3) is 11.5 Å². The van der Waals surface area contributed by atoms with Crippen molar-refractivity contribution < 1.29 is 8.81 Å². The molecule has 1 heterocycles. The van der Waals surface area contributed by atoms with Crippen LogP contribution in [-0.2, 0) is 6.54 Å². The largest absolute Gasteiger partial charge is 0.444 e. The normalized spacial score (nSPS) is 10.7. The lowest BCUT2D eigenvalue weighted by atomic mass is 10.2. The molecule has 0 aliphatic carbocycles. The number of nitrogens with one attached hydrogen (secondary N) is 1. The molecule has 0 atom stereocenters. The van der Waals surface area contributed by atoms with Gasteiger partial charge in [-0.15, -0.1) is 0 Å². The molecule has 0 saturated carbocycles. The first-order valence-corrected chi connectivity index (χ1v) is 5.13. The summed E-state index contributed by atoms with van der Waals surface area (Å²) < 4.78 is 18.7. The number of oxazole rings is 1. The highest BCUT2D eigenvalue weighted by Gasteiger charge is 2.11. The molecule has 0 amide bonds. The number of benzene rings is 1. The second-order valence-electron chi connectivity index (χ2n) is 3.30. The first kappa shape index (κ1) is 11.1. The van der Waals surface area contributed by atoms with E-state index in [4.69, 9.17) is 16.0 Å². The van der Waals surface area contributed by atoms with Gasteiger partial charge in [-0.1, -0.05) is 11.6 Å². The number of rotatable bonds is 3. The molecular weight excluding hydrogens is 231 g/mol. The summed E-state index contributed by atoms with van der Waals surface area (Å²) in [6.45, 7) is 0.575. The van der Waals surface area contributed by atoms with Crippen LogP contribution in [0.4, 0.5) is 4.39 Å². The maximum Gasteiger partial charge on any atom is 0.229 e. The summed E-state index contributed by atoms with van der Waals surface area (Å²) in [4.78, 5) is 4.14. The monoisotopic (exact) mass is 240 g/mol. The van der Waals surface area contributed by atoms with Gasteiger partial charge in [0.05, 0.1) is 11.3 Å². The lowest BCUT2D eigenvalue weighted by Crippen LogP contribution is -2.04. The Morgan fingerprint density at radius 3 is 3.06 bits per heavy atom. The maximum absolute atomic E-state index is 13.5. The zero-order chi connectivity index (χ0) is 11.5. The second-order valence-corrected chi connectivity index (χ2v) is 3.73. The summed E-state index contributed by atoms with van der Waals surface area (Å²) in [7, 11) is 1.80. The highest BCUT2D eigenvalue weighted by atomic mass is 35.5. The lowest BCUT2D eigenvalue weighted by molar-refractivity contribution is 0.560. The quantitative estimate of drug-likeness (QED) is 0.897. The molecule has 1 aromatic carbocycles. The molecule has 0 spiro atoms. The Labute approximate surface area is 97.3 Å². The van der Waals surface area contributed by atoms with Crippen molar-refractivity contribution in [1.29, 1.82) is 0 Å². The van der Waals surface area contributed by atoms with Gasteiger partial charge in [-0.05, 0) is 25.2 Å². The summed E-state index contributed by atoms with van der Waals surface area (Å²) in [6, 6.07) is 4.27. The third-order valence-electron chi connectivity index (χ3n) is 2.07. The predicted octanol–water partition coefficient (Wildman–Crippen LogP) is 2.85. The number of hydrogen-bond donors (Lipinski definition) is 1. The summed E-state index contributed by atoms with van der Waals surface area (Å²) in [6.07, 6.45) is 1.49. The van der Waals surface area contributed by atoms with E-state index in [1.54, 1.807) is 7.05 Å². The summed E-state index contributed by atoms with van der Waals surface area (Å²) in [5.74, 6) is -0.160. The molecule has 84 valence electrons. The molecule has 0 aliphatic rings. The third kappa shape index (κ3) is 2.23. The SMILES string of the molecule is CNCc1coc(-c2cc(Cl)ccc2F)n1. The van der Waals surface area contributed by atoms with Crippen molar-refractivity contribution in [3.63, 3.8) is 0 Å². The number of aromatic nitrogens is 1. The van der Waals surface area contributed by atoms with Crippen molar-refractivity contribution in [2.75, 3.05) is 7.05 Å². The van der Waals surface area contributed by atoms with Crippen LogP contribution in [0.15, 0.2) is 28.9 Å². The first-order valence-electron chi connectivity index (χ1n) is 4.75. The molecule has 2 rings (SSSR count). The van der Waals surface area contributed by atoms with Crippen LogP contribution in [0.1, 0.15) is 5.69 Å². The van der Waals surface area contributed by atoms with E-state index in [2.05, 4.69) is 10.3 Å². The molecule has 0 unspecified atom stereocenters. The van der Waals surface area contributed by atoms with Crippen LogP contribution >= 0.6 is 11.6 Å². The van der Waals surface area contributed by atoms with E-state index in [0.717, 1.165) is 5.69 Å². The van der Waals surface area contributed by atoms with Gasteiger partial charge in [-0.3, -0.25) is 0 Å². The fourth-order valence-electron chi connectivity index (χ4n) is 1.35. The van der Waals surface area contributed by atoms with E-state index in [0.29, 0.717) is 11.6 Å². The molecule has 0 fully saturated rings. The summed E-state index contributed by atoms with van der Waals surface area (Å²) in [5.41, 5.74) is 0.992. The average molecular weight is 241 g/mol. The fraction of sp³-hybridized carbons (Fsp3) is 0.182. The van der Waals surface area contributed by atoms with Gasteiger partial charge in [0.1, 0.15) is 12.1 Å². The number of nitrogens with zero attached hydrogens (tertiary/aromatic N) is 1. The van der Waals surface area contributed by atoms with Gasteiger partial charge in [0, 0.05) is 11.6 Å². The molecule has 0 bridgehead atoms. The van der Waals surface area contributed by atoms with Crippen LogP contribution in [-0.4, -0.2) is 12.0 Å². The van der Waals surface area contributed by atoms with Gasteiger partial charge < -0.3 is 9.73 Å². The Hall–Kier alpha value is -1.39. The third-order valence-corrected chi connectivity index (χ3v) is 2.30. The van der Waals surface area contributed by atoms with E-state index in [-0.39, 0.29) is 11.5 Å². The van der Waals surface area contributed by atoms with Crippen LogP contribution in [0.5, 0.6) is 0 Å². The Kier molecular flexibility index (Phi) is 3.22. The number of halogens is 2. The smallest absolute Gasteiger partial charge is 0.229 e. The molecule has 0 aliphatic heterocycles. The van der Waals surface area contributed by atoms with Crippen molar-refractivity contribution in [3.8, 4) is 11.5 Å². The molecule has 1 aromatic heterocycles. The van der Waals surface area contributed by atoms with E-state index in [1.807, 2.05) is 0 Å². The minimum atomic E-state index is -0.401. The molecule has 0 radical (unpaired) electrons. The Morgan fingerprint density at radius 2 is 2.31 bits per heavy atom. The van der Waals surface area contributed by atoms with E-state index < -0.39 is 5.82 Å². The zero-order valence-corrected chi connectivity index (χ0v) is 9.38. The highest BCUT2D eigenvalue weighted by Crippen LogP contribution is 2.25. The van der Waals surface area contributed by atoms with Gasteiger partial charge in [0.2, 0.25) is 5.89 Å². The van der Waals surface area contributed by atoms with Crippen molar-refractivity contribution in [2.24, 2.45) is 0 Å².